The summed E-state index contributed by atoms with van der Waals surface area (Å²) in [5, 5.41) is 3.11. The van der Waals surface area contributed by atoms with Gasteiger partial charge in [0.25, 0.3) is 0 Å². The van der Waals surface area contributed by atoms with E-state index < -0.39 is 0 Å². The summed E-state index contributed by atoms with van der Waals surface area (Å²) in [6.07, 6.45) is 1.84. The summed E-state index contributed by atoms with van der Waals surface area (Å²) < 4.78 is 0. The van der Waals surface area contributed by atoms with Crippen molar-refractivity contribution < 1.29 is 0 Å². The van der Waals surface area contributed by atoms with Gasteiger partial charge in [-0.05, 0) is 19.1 Å². The summed E-state index contributed by atoms with van der Waals surface area (Å²) in [5.41, 5.74) is 7.87. The number of aromatic nitrogens is 1. The average Bonchev–Trinajstić information content (AvgIpc) is 2.80. The molecule has 0 amide bonds. The van der Waals surface area contributed by atoms with Crippen LogP contribution in [-0.2, 0) is 6.54 Å². The molecule has 2 N–H and O–H groups in total. The third-order valence-corrected chi connectivity index (χ3v) is 3.23. The maximum Gasteiger partial charge on any atom is 0.112 e. The first-order chi connectivity index (χ1) is 7.81. The van der Waals surface area contributed by atoms with Crippen molar-refractivity contribution in [1.29, 1.82) is 0 Å². The number of benzene rings is 1. The Kier molecular flexibility index (Phi) is 3.41. The van der Waals surface area contributed by atoms with Crippen molar-refractivity contribution >= 4 is 22.7 Å². The summed E-state index contributed by atoms with van der Waals surface area (Å²) in [6.45, 7) is 3.87. The fraction of sp³-hybridized carbons (Fsp3) is 0.250. The van der Waals surface area contributed by atoms with Gasteiger partial charge < -0.3 is 10.6 Å². The van der Waals surface area contributed by atoms with E-state index in [4.69, 9.17) is 5.73 Å². The second-order valence-electron chi connectivity index (χ2n) is 3.50. The molecule has 1 aromatic carbocycles. The molecule has 0 bridgehead atoms. The second kappa shape index (κ2) is 4.99. The molecule has 3 nitrogen and oxygen atoms in total. The largest absolute Gasteiger partial charge is 0.397 e. The van der Waals surface area contributed by atoms with Gasteiger partial charge in [-0.25, -0.2) is 4.98 Å². The van der Waals surface area contributed by atoms with Gasteiger partial charge in [0.15, 0.2) is 0 Å². The number of anilines is 2. The summed E-state index contributed by atoms with van der Waals surface area (Å²) >= 11 is 1.67. The SMILES string of the molecule is CCN(Cc1nccs1)c1ccccc1N. The van der Waals surface area contributed by atoms with Crippen LogP contribution in [0.1, 0.15) is 11.9 Å². The first kappa shape index (κ1) is 11.0. The van der Waals surface area contributed by atoms with Gasteiger partial charge in [-0.3, -0.25) is 0 Å². The molecule has 0 atom stereocenters. The Morgan fingerprint density at radius 1 is 1.38 bits per heavy atom. The number of thiazole rings is 1. The topological polar surface area (TPSA) is 42.2 Å². The summed E-state index contributed by atoms with van der Waals surface area (Å²) in [4.78, 5) is 6.53. The van der Waals surface area contributed by atoms with Gasteiger partial charge in [-0.1, -0.05) is 12.1 Å². The number of nitrogens with two attached hydrogens (primary N) is 1. The van der Waals surface area contributed by atoms with Crippen LogP contribution in [0.2, 0.25) is 0 Å². The molecule has 0 spiro atoms. The monoisotopic (exact) mass is 233 g/mol. The third kappa shape index (κ3) is 2.33. The second-order valence-corrected chi connectivity index (χ2v) is 4.48. The van der Waals surface area contributed by atoms with Gasteiger partial charge >= 0.3 is 0 Å². The van der Waals surface area contributed by atoms with E-state index in [0.717, 1.165) is 29.5 Å². The number of nitrogens with zero attached hydrogens (tertiary/aromatic N) is 2. The maximum atomic E-state index is 5.97. The maximum absolute atomic E-state index is 5.97. The number of hydrogen-bond donors (Lipinski definition) is 1. The first-order valence-electron chi connectivity index (χ1n) is 5.29. The van der Waals surface area contributed by atoms with Crippen LogP contribution in [0, 0.1) is 0 Å². The van der Waals surface area contributed by atoms with Gasteiger partial charge in [-0.2, -0.15) is 0 Å². The average molecular weight is 233 g/mol. The molecule has 2 rings (SSSR count). The summed E-state index contributed by atoms with van der Waals surface area (Å²) in [7, 11) is 0. The van der Waals surface area contributed by atoms with Crippen molar-refractivity contribution in [3.8, 4) is 0 Å². The van der Waals surface area contributed by atoms with Crippen molar-refractivity contribution in [3.63, 3.8) is 0 Å². The lowest BCUT2D eigenvalue weighted by Crippen LogP contribution is -2.22. The van der Waals surface area contributed by atoms with E-state index in [1.54, 1.807) is 11.3 Å². The molecule has 4 heteroatoms. The van der Waals surface area contributed by atoms with Crippen LogP contribution in [-0.4, -0.2) is 11.5 Å². The molecule has 84 valence electrons. The van der Waals surface area contributed by atoms with Crippen LogP contribution >= 0.6 is 11.3 Å². The minimum atomic E-state index is 0.820. The fourth-order valence-electron chi connectivity index (χ4n) is 1.64. The molecule has 1 aromatic heterocycles. The molecule has 16 heavy (non-hydrogen) atoms. The van der Waals surface area contributed by atoms with Crippen molar-refractivity contribution in [1.82, 2.24) is 4.98 Å². The van der Waals surface area contributed by atoms with E-state index in [1.165, 1.54) is 0 Å². The van der Waals surface area contributed by atoms with Crippen LogP contribution < -0.4 is 10.6 Å². The molecule has 1 heterocycles. The Morgan fingerprint density at radius 3 is 2.81 bits per heavy atom. The lowest BCUT2D eigenvalue weighted by Gasteiger charge is -2.23. The summed E-state index contributed by atoms with van der Waals surface area (Å²) in [6, 6.07) is 7.94. The molecule has 0 aliphatic carbocycles. The van der Waals surface area contributed by atoms with Gasteiger partial charge in [-0.15, -0.1) is 11.3 Å². The highest BCUT2D eigenvalue weighted by Crippen LogP contribution is 2.24. The normalized spacial score (nSPS) is 10.3. The van der Waals surface area contributed by atoms with Gasteiger partial charge in [0.05, 0.1) is 17.9 Å². The van der Waals surface area contributed by atoms with Crippen molar-refractivity contribution in [2.24, 2.45) is 0 Å². The zero-order chi connectivity index (χ0) is 11.4. The first-order valence-corrected chi connectivity index (χ1v) is 6.17. The Bertz CT molecular complexity index is 439. The van der Waals surface area contributed by atoms with Crippen LogP contribution in [0.4, 0.5) is 11.4 Å². The molecule has 0 aliphatic rings. The predicted molar refractivity (Wildman–Crippen MR) is 69.7 cm³/mol. The Balaban J connectivity index is 2.20. The molecule has 0 unspecified atom stereocenters. The van der Waals surface area contributed by atoms with E-state index in [-0.39, 0.29) is 0 Å². The zero-order valence-electron chi connectivity index (χ0n) is 9.26. The highest BCUT2D eigenvalue weighted by Gasteiger charge is 2.09. The predicted octanol–water partition coefficient (Wildman–Crippen LogP) is 2.75. The molecule has 0 aliphatic heterocycles. The zero-order valence-corrected chi connectivity index (χ0v) is 10.1. The van der Waals surface area contributed by atoms with Gasteiger partial charge in [0.2, 0.25) is 0 Å². The van der Waals surface area contributed by atoms with Gasteiger partial charge in [0, 0.05) is 18.1 Å². The molecular formula is C12H15N3S. The third-order valence-electron chi connectivity index (χ3n) is 2.47. The lowest BCUT2D eigenvalue weighted by molar-refractivity contribution is 0.827. The molecule has 2 aromatic rings. The smallest absolute Gasteiger partial charge is 0.112 e. The van der Waals surface area contributed by atoms with Gasteiger partial charge in [0.1, 0.15) is 5.01 Å². The van der Waals surface area contributed by atoms with E-state index in [2.05, 4.69) is 16.8 Å². The fourth-order valence-corrected chi connectivity index (χ4v) is 2.27. The molecule has 0 fully saturated rings. The Hall–Kier alpha value is -1.55. The van der Waals surface area contributed by atoms with Crippen LogP contribution in [0.5, 0.6) is 0 Å². The number of para-hydroxylation sites is 2. The minimum absolute atomic E-state index is 0.820. The Labute approximate surface area is 99.5 Å². The number of nitrogen functional groups attached to an aromatic ring is 1. The molecule has 0 saturated heterocycles. The molecular weight excluding hydrogens is 218 g/mol. The quantitative estimate of drug-likeness (QED) is 0.826. The van der Waals surface area contributed by atoms with E-state index >= 15 is 0 Å². The standard InChI is InChI=1S/C12H15N3S/c1-2-15(9-12-14-7-8-16-12)11-6-4-3-5-10(11)13/h3-8H,2,9,13H2,1H3. The minimum Gasteiger partial charge on any atom is -0.397 e. The Morgan fingerprint density at radius 2 is 2.19 bits per heavy atom. The van der Waals surface area contributed by atoms with Crippen molar-refractivity contribution in [3.05, 3.63) is 40.8 Å². The summed E-state index contributed by atoms with van der Waals surface area (Å²) in [5.74, 6) is 0. The highest BCUT2D eigenvalue weighted by atomic mass is 32.1. The van der Waals surface area contributed by atoms with Crippen LogP contribution in [0.15, 0.2) is 35.8 Å². The van der Waals surface area contributed by atoms with Crippen molar-refractivity contribution in [2.75, 3.05) is 17.2 Å². The number of hydrogen-bond acceptors (Lipinski definition) is 4. The van der Waals surface area contributed by atoms with E-state index in [0.29, 0.717) is 0 Å². The number of rotatable bonds is 4. The van der Waals surface area contributed by atoms with Crippen LogP contribution in [0.25, 0.3) is 0 Å². The van der Waals surface area contributed by atoms with Crippen molar-refractivity contribution in [2.45, 2.75) is 13.5 Å². The highest BCUT2D eigenvalue weighted by molar-refractivity contribution is 7.09. The van der Waals surface area contributed by atoms with E-state index in [1.807, 2.05) is 35.8 Å². The van der Waals surface area contributed by atoms with Crippen LogP contribution in [0.3, 0.4) is 0 Å². The van der Waals surface area contributed by atoms with E-state index in [9.17, 15) is 0 Å². The molecule has 0 saturated carbocycles. The molecule has 0 radical (unpaired) electrons. The lowest BCUT2D eigenvalue weighted by atomic mass is 10.2.